The van der Waals surface area contributed by atoms with Crippen LogP contribution in [0.15, 0.2) is 16.7 Å². The fourth-order valence-electron chi connectivity index (χ4n) is 1.18. The topological polar surface area (TPSA) is 41.6 Å². The van der Waals surface area contributed by atoms with Crippen LogP contribution in [0.2, 0.25) is 0 Å². The number of hydrogen-bond acceptors (Lipinski definition) is 2. The third-order valence-electron chi connectivity index (χ3n) is 1.77. The zero-order valence-corrected chi connectivity index (χ0v) is 8.22. The van der Waals surface area contributed by atoms with E-state index in [9.17, 15) is 0 Å². The van der Waals surface area contributed by atoms with Gasteiger partial charge in [-0.1, -0.05) is 6.92 Å². The quantitative estimate of drug-likeness (QED) is 0.810. The molecule has 0 spiro atoms. The number of aromatic amines is 1. The fraction of sp³-hybridized carbons (Fsp3) is 0.250. The molecule has 2 rings (SSSR count). The van der Waals surface area contributed by atoms with Crippen LogP contribution in [-0.2, 0) is 6.42 Å². The fourth-order valence-corrected chi connectivity index (χ4v) is 1.51. The lowest BCUT2D eigenvalue weighted by molar-refractivity contribution is 0.985. The van der Waals surface area contributed by atoms with E-state index in [1.54, 1.807) is 6.20 Å². The van der Waals surface area contributed by atoms with Crippen molar-refractivity contribution in [2.75, 3.05) is 0 Å². The highest BCUT2D eigenvalue weighted by atomic mass is 79.9. The number of nitrogens with one attached hydrogen (secondary N) is 1. The maximum atomic E-state index is 4.27. The molecule has 0 saturated heterocycles. The van der Waals surface area contributed by atoms with E-state index in [0.29, 0.717) is 0 Å². The van der Waals surface area contributed by atoms with Gasteiger partial charge in [-0.05, 0) is 28.4 Å². The maximum absolute atomic E-state index is 4.27. The molecule has 2 aromatic heterocycles. The van der Waals surface area contributed by atoms with Crippen molar-refractivity contribution in [1.82, 2.24) is 15.2 Å². The lowest BCUT2D eigenvalue weighted by atomic mass is 10.3. The molecule has 3 nitrogen and oxygen atoms in total. The molecule has 2 heterocycles. The van der Waals surface area contributed by atoms with Crippen LogP contribution in [0, 0.1) is 0 Å². The normalized spacial score (nSPS) is 10.8. The molecule has 0 aromatic carbocycles. The molecule has 0 saturated carbocycles. The van der Waals surface area contributed by atoms with Crippen molar-refractivity contribution < 1.29 is 0 Å². The molecule has 0 radical (unpaired) electrons. The van der Waals surface area contributed by atoms with Gasteiger partial charge in [0.2, 0.25) is 0 Å². The Morgan fingerprint density at radius 3 is 3.17 bits per heavy atom. The monoisotopic (exact) mass is 225 g/mol. The number of nitrogens with zero attached hydrogens (tertiary/aromatic N) is 2. The minimum absolute atomic E-state index is 0.911. The van der Waals surface area contributed by atoms with Gasteiger partial charge in [0, 0.05) is 10.7 Å². The average Bonchev–Trinajstić information content (AvgIpc) is 2.46. The van der Waals surface area contributed by atoms with Crippen LogP contribution in [-0.4, -0.2) is 15.2 Å². The molecule has 62 valence electrons. The zero-order chi connectivity index (χ0) is 8.55. The van der Waals surface area contributed by atoms with Crippen molar-refractivity contribution in [1.29, 1.82) is 0 Å². The predicted octanol–water partition coefficient (Wildman–Crippen LogP) is 2.28. The van der Waals surface area contributed by atoms with Crippen LogP contribution in [0.3, 0.4) is 0 Å². The van der Waals surface area contributed by atoms with Crippen LogP contribution in [0.1, 0.15) is 12.6 Å². The Balaban J connectivity index is 2.73. The lowest BCUT2D eigenvalue weighted by Gasteiger charge is -1.90. The van der Waals surface area contributed by atoms with Crippen LogP contribution in [0.5, 0.6) is 0 Å². The first kappa shape index (κ1) is 7.73. The molecule has 2 aromatic rings. The summed E-state index contributed by atoms with van der Waals surface area (Å²) in [6.07, 6.45) is 2.70. The number of halogens is 1. The van der Waals surface area contributed by atoms with Crippen LogP contribution < -0.4 is 0 Å². The Hall–Kier alpha value is -0.900. The van der Waals surface area contributed by atoms with Gasteiger partial charge in [-0.3, -0.25) is 10.1 Å². The second-order valence-corrected chi connectivity index (χ2v) is 3.49. The summed E-state index contributed by atoms with van der Waals surface area (Å²) in [7, 11) is 0. The van der Waals surface area contributed by atoms with Gasteiger partial charge in [0.1, 0.15) is 5.52 Å². The van der Waals surface area contributed by atoms with Crippen molar-refractivity contribution in [2.24, 2.45) is 0 Å². The summed E-state index contributed by atoms with van der Waals surface area (Å²) in [5.74, 6) is 0. The second-order valence-electron chi connectivity index (χ2n) is 2.57. The van der Waals surface area contributed by atoms with E-state index in [4.69, 9.17) is 0 Å². The third kappa shape index (κ3) is 1.12. The summed E-state index contributed by atoms with van der Waals surface area (Å²) in [5, 5.41) is 7.08. The maximum Gasteiger partial charge on any atom is 0.111 e. The van der Waals surface area contributed by atoms with Gasteiger partial charge >= 0.3 is 0 Å². The highest BCUT2D eigenvalue weighted by Crippen LogP contribution is 2.17. The number of H-pyrrole nitrogens is 1. The molecule has 4 heteroatoms. The van der Waals surface area contributed by atoms with Gasteiger partial charge in [-0.2, -0.15) is 5.10 Å². The van der Waals surface area contributed by atoms with E-state index in [1.165, 1.54) is 0 Å². The second kappa shape index (κ2) is 2.86. The van der Waals surface area contributed by atoms with Crippen molar-refractivity contribution >= 4 is 27.0 Å². The first-order valence-electron chi connectivity index (χ1n) is 3.79. The van der Waals surface area contributed by atoms with Gasteiger partial charge in [-0.15, -0.1) is 0 Å². The molecule has 0 fully saturated rings. The number of fused-ring (bicyclic) bond motifs is 1. The number of aryl methyl sites for hydroxylation is 1. The highest BCUT2D eigenvalue weighted by molar-refractivity contribution is 9.10. The Morgan fingerprint density at radius 2 is 2.42 bits per heavy atom. The molecular weight excluding hydrogens is 218 g/mol. The van der Waals surface area contributed by atoms with Gasteiger partial charge in [0.25, 0.3) is 0 Å². The Morgan fingerprint density at radius 1 is 1.58 bits per heavy atom. The Bertz CT molecular complexity index is 408. The first-order chi connectivity index (χ1) is 5.81. The molecule has 0 aliphatic heterocycles. The molecule has 0 amide bonds. The van der Waals surface area contributed by atoms with E-state index in [-0.39, 0.29) is 0 Å². The minimum Gasteiger partial charge on any atom is -0.276 e. The third-order valence-corrected chi connectivity index (χ3v) is 2.21. The highest BCUT2D eigenvalue weighted by Gasteiger charge is 2.04. The molecule has 0 atom stereocenters. The van der Waals surface area contributed by atoms with Gasteiger partial charge in [-0.25, -0.2) is 0 Å². The first-order valence-corrected chi connectivity index (χ1v) is 4.59. The molecule has 0 bridgehead atoms. The molecule has 0 aliphatic rings. The Kier molecular flexibility index (Phi) is 1.84. The summed E-state index contributed by atoms with van der Waals surface area (Å²) < 4.78 is 0.973. The molecule has 12 heavy (non-hydrogen) atoms. The summed E-state index contributed by atoms with van der Waals surface area (Å²) in [4.78, 5) is 4.27. The summed E-state index contributed by atoms with van der Waals surface area (Å²) in [6.45, 7) is 2.07. The molecule has 0 aliphatic carbocycles. The van der Waals surface area contributed by atoms with Crippen LogP contribution >= 0.6 is 15.9 Å². The smallest absolute Gasteiger partial charge is 0.111 e. The van der Waals surface area contributed by atoms with Crippen molar-refractivity contribution in [2.45, 2.75) is 13.3 Å². The molecule has 0 unspecified atom stereocenters. The number of rotatable bonds is 1. The standard InChI is InChI=1S/C8H8BrN3/c1-2-6-8-7(12-11-6)3-5(9)4-10-8/h3-4H,2H2,1H3,(H,11,12). The van der Waals surface area contributed by atoms with Crippen molar-refractivity contribution in [3.8, 4) is 0 Å². The average molecular weight is 226 g/mol. The number of hydrogen-bond donors (Lipinski definition) is 1. The summed E-state index contributed by atoms with van der Waals surface area (Å²) in [5.41, 5.74) is 2.99. The SMILES string of the molecule is CCc1n[nH]c2cc(Br)cnc12. The van der Waals surface area contributed by atoms with Gasteiger partial charge in [0.05, 0.1) is 11.2 Å². The lowest BCUT2D eigenvalue weighted by Crippen LogP contribution is -1.81. The van der Waals surface area contributed by atoms with Gasteiger partial charge in [0.15, 0.2) is 0 Å². The van der Waals surface area contributed by atoms with Gasteiger partial charge < -0.3 is 0 Å². The van der Waals surface area contributed by atoms with Crippen molar-refractivity contribution in [3.05, 3.63) is 22.4 Å². The number of pyridine rings is 1. The van der Waals surface area contributed by atoms with Crippen LogP contribution in [0.25, 0.3) is 11.0 Å². The van der Waals surface area contributed by atoms with E-state index < -0.39 is 0 Å². The van der Waals surface area contributed by atoms with E-state index in [0.717, 1.165) is 27.6 Å². The number of aromatic nitrogens is 3. The predicted molar refractivity (Wildman–Crippen MR) is 51.0 cm³/mol. The molecular formula is C8H8BrN3. The van der Waals surface area contributed by atoms with Crippen LogP contribution in [0.4, 0.5) is 0 Å². The van der Waals surface area contributed by atoms with E-state index in [1.807, 2.05) is 6.07 Å². The minimum atomic E-state index is 0.911. The summed E-state index contributed by atoms with van der Waals surface area (Å²) >= 11 is 3.35. The van der Waals surface area contributed by atoms with E-state index in [2.05, 4.69) is 38.0 Å². The van der Waals surface area contributed by atoms with E-state index >= 15 is 0 Å². The van der Waals surface area contributed by atoms with Crippen molar-refractivity contribution in [3.63, 3.8) is 0 Å². The molecule has 1 N–H and O–H groups in total. The largest absolute Gasteiger partial charge is 0.276 e. The Labute approximate surface area is 78.3 Å². The zero-order valence-electron chi connectivity index (χ0n) is 6.63. The summed E-state index contributed by atoms with van der Waals surface area (Å²) in [6, 6.07) is 1.98.